The molecule has 0 fully saturated rings. The van der Waals surface area contributed by atoms with E-state index in [0.29, 0.717) is 21.0 Å². The molecule has 0 aliphatic rings. The van der Waals surface area contributed by atoms with Gasteiger partial charge in [0.1, 0.15) is 0 Å². The predicted molar refractivity (Wildman–Crippen MR) is 71.7 cm³/mol. The summed E-state index contributed by atoms with van der Waals surface area (Å²) >= 11 is 17.6. The molecule has 0 rings (SSSR count). The summed E-state index contributed by atoms with van der Waals surface area (Å²) in [6, 6.07) is 0. The second-order valence-electron chi connectivity index (χ2n) is 3.30. The van der Waals surface area contributed by atoms with E-state index in [1.807, 2.05) is 0 Å². The summed E-state index contributed by atoms with van der Waals surface area (Å²) in [6.07, 6.45) is 2.00. The van der Waals surface area contributed by atoms with Crippen LogP contribution >= 0.6 is 50.5 Å². The molecule has 0 N–H and O–H groups in total. The molecule has 4 unspecified atom stereocenters. The smallest absolute Gasteiger partial charge is 0.0144 e. The monoisotopic (exact) mass is 242 g/mol. The van der Waals surface area contributed by atoms with E-state index >= 15 is 0 Å². The van der Waals surface area contributed by atoms with Crippen LogP contribution in [0.25, 0.3) is 0 Å². The van der Waals surface area contributed by atoms with Crippen molar-refractivity contribution in [3.63, 3.8) is 0 Å². The highest BCUT2D eigenvalue weighted by atomic mass is 32.1. The number of hydrogen-bond donors (Lipinski definition) is 4. The van der Waals surface area contributed by atoms with E-state index in [9.17, 15) is 0 Å². The molecule has 0 aromatic heterocycles. The minimum atomic E-state index is 0.329. The van der Waals surface area contributed by atoms with E-state index in [2.05, 4.69) is 64.4 Å². The molecule has 0 saturated carbocycles. The summed E-state index contributed by atoms with van der Waals surface area (Å²) in [7, 11) is 0. The van der Waals surface area contributed by atoms with Gasteiger partial charge >= 0.3 is 0 Å². The van der Waals surface area contributed by atoms with Gasteiger partial charge < -0.3 is 0 Å². The van der Waals surface area contributed by atoms with E-state index in [-0.39, 0.29) is 0 Å². The Kier molecular flexibility index (Phi) is 7.59. The standard InChI is InChI=1S/C8H18S4/c1-5(9)3-7(11)8(12)4-6(2)10/h5-12H,3-4H2,1-2H3. The summed E-state index contributed by atoms with van der Waals surface area (Å²) in [5.41, 5.74) is 0. The molecule has 0 radical (unpaired) electrons. The third-order valence-electron chi connectivity index (χ3n) is 1.61. The van der Waals surface area contributed by atoms with Crippen LogP contribution < -0.4 is 0 Å². The van der Waals surface area contributed by atoms with Gasteiger partial charge in [-0.05, 0) is 23.3 Å². The third-order valence-corrected chi connectivity index (χ3v) is 3.41. The highest BCUT2D eigenvalue weighted by Crippen LogP contribution is 2.22. The van der Waals surface area contributed by atoms with E-state index in [4.69, 9.17) is 0 Å². The van der Waals surface area contributed by atoms with Crippen LogP contribution in [0.3, 0.4) is 0 Å². The lowest BCUT2D eigenvalue weighted by Gasteiger charge is -2.20. The molecule has 0 amide bonds. The Hall–Kier alpha value is 1.40. The molecule has 4 atom stereocenters. The minimum Gasteiger partial charge on any atom is -0.176 e. The Morgan fingerprint density at radius 2 is 1.00 bits per heavy atom. The maximum absolute atomic E-state index is 4.48. The van der Waals surface area contributed by atoms with Gasteiger partial charge in [0.25, 0.3) is 0 Å². The van der Waals surface area contributed by atoms with E-state index in [1.165, 1.54) is 0 Å². The highest BCUT2D eigenvalue weighted by Gasteiger charge is 2.16. The van der Waals surface area contributed by atoms with Gasteiger partial charge in [-0.25, -0.2) is 0 Å². The van der Waals surface area contributed by atoms with Gasteiger partial charge in [-0.1, -0.05) is 13.8 Å². The average molecular weight is 243 g/mol. The van der Waals surface area contributed by atoms with E-state index in [1.54, 1.807) is 0 Å². The Labute approximate surface area is 97.9 Å². The van der Waals surface area contributed by atoms with Gasteiger partial charge in [-0.2, -0.15) is 50.5 Å². The topological polar surface area (TPSA) is 0 Å². The maximum Gasteiger partial charge on any atom is 0.0144 e. The Bertz CT molecular complexity index is 99.6. The second-order valence-corrected chi connectivity index (χ2v) is 6.39. The summed E-state index contributed by atoms with van der Waals surface area (Å²) in [5.74, 6) is 0. The van der Waals surface area contributed by atoms with Gasteiger partial charge in [-0.3, -0.25) is 0 Å². The summed E-state index contributed by atoms with van der Waals surface area (Å²) in [5, 5.41) is 1.46. The molecule has 0 nitrogen and oxygen atoms in total. The molecule has 0 spiro atoms. The zero-order chi connectivity index (χ0) is 9.72. The lowest BCUT2D eigenvalue weighted by atomic mass is 10.1. The summed E-state index contributed by atoms with van der Waals surface area (Å²) in [4.78, 5) is 0. The molecule has 74 valence electrons. The summed E-state index contributed by atoms with van der Waals surface area (Å²) in [6.45, 7) is 4.16. The van der Waals surface area contributed by atoms with Crippen molar-refractivity contribution in [3.8, 4) is 0 Å². The molecule has 4 heteroatoms. The van der Waals surface area contributed by atoms with Crippen LogP contribution in [0, 0.1) is 0 Å². The molecule has 0 aromatic carbocycles. The molecule has 0 aliphatic carbocycles. The van der Waals surface area contributed by atoms with Crippen molar-refractivity contribution in [2.24, 2.45) is 0 Å². The fourth-order valence-corrected chi connectivity index (χ4v) is 2.68. The highest BCUT2D eigenvalue weighted by molar-refractivity contribution is 7.85. The molecule has 0 aliphatic heterocycles. The summed E-state index contributed by atoms with van der Waals surface area (Å²) < 4.78 is 0. The van der Waals surface area contributed by atoms with Crippen molar-refractivity contribution in [1.29, 1.82) is 0 Å². The lowest BCUT2D eigenvalue weighted by molar-refractivity contribution is 0.675. The van der Waals surface area contributed by atoms with Gasteiger partial charge in [-0.15, -0.1) is 0 Å². The van der Waals surface area contributed by atoms with Crippen LogP contribution in [0.2, 0.25) is 0 Å². The van der Waals surface area contributed by atoms with E-state index < -0.39 is 0 Å². The number of thiol groups is 4. The average Bonchev–Trinajstić information content (AvgIpc) is 1.84. The largest absolute Gasteiger partial charge is 0.176 e. The van der Waals surface area contributed by atoms with Crippen LogP contribution in [-0.2, 0) is 0 Å². The van der Waals surface area contributed by atoms with Gasteiger partial charge in [0.2, 0.25) is 0 Å². The quantitative estimate of drug-likeness (QED) is 0.524. The van der Waals surface area contributed by atoms with Crippen molar-refractivity contribution < 1.29 is 0 Å². The first-order valence-corrected chi connectivity index (χ1v) is 6.22. The Morgan fingerprint density at radius 3 is 1.17 bits per heavy atom. The fourth-order valence-electron chi connectivity index (χ4n) is 1.01. The molecular formula is C8H18S4. The minimum absolute atomic E-state index is 0.329. The number of hydrogen-bond acceptors (Lipinski definition) is 4. The van der Waals surface area contributed by atoms with Crippen molar-refractivity contribution in [2.45, 2.75) is 47.7 Å². The predicted octanol–water partition coefficient (Wildman–Crippen LogP) is 3.00. The fraction of sp³-hybridized carbons (Fsp3) is 1.00. The molecule has 0 aromatic rings. The van der Waals surface area contributed by atoms with Gasteiger partial charge in [0.15, 0.2) is 0 Å². The molecule has 0 heterocycles. The van der Waals surface area contributed by atoms with Crippen molar-refractivity contribution in [1.82, 2.24) is 0 Å². The molecule has 0 bridgehead atoms. The third kappa shape index (κ3) is 6.87. The van der Waals surface area contributed by atoms with Crippen LogP contribution in [0.1, 0.15) is 26.7 Å². The Morgan fingerprint density at radius 1 is 0.750 bits per heavy atom. The first-order chi connectivity index (χ1) is 5.43. The number of rotatable bonds is 5. The second kappa shape index (κ2) is 6.80. The van der Waals surface area contributed by atoms with Crippen molar-refractivity contribution in [2.75, 3.05) is 0 Å². The lowest BCUT2D eigenvalue weighted by Crippen LogP contribution is -2.21. The first-order valence-electron chi connectivity index (χ1n) is 4.15. The van der Waals surface area contributed by atoms with Crippen molar-refractivity contribution >= 4 is 50.5 Å². The molecule has 0 saturated heterocycles. The SMILES string of the molecule is CC(S)CC(S)C(S)CC(C)S. The first kappa shape index (κ1) is 13.4. The zero-order valence-electron chi connectivity index (χ0n) is 7.51. The normalized spacial score (nSPS) is 21.5. The maximum atomic E-state index is 4.48. The van der Waals surface area contributed by atoms with Crippen LogP contribution in [0.4, 0.5) is 0 Å². The van der Waals surface area contributed by atoms with Gasteiger partial charge in [0.05, 0.1) is 0 Å². The molecular weight excluding hydrogens is 224 g/mol. The van der Waals surface area contributed by atoms with Crippen LogP contribution in [0.15, 0.2) is 0 Å². The van der Waals surface area contributed by atoms with Crippen LogP contribution in [-0.4, -0.2) is 21.0 Å². The van der Waals surface area contributed by atoms with Crippen LogP contribution in [0.5, 0.6) is 0 Å². The molecule has 12 heavy (non-hydrogen) atoms. The Balaban J connectivity index is 3.68. The van der Waals surface area contributed by atoms with Gasteiger partial charge in [0, 0.05) is 10.5 Å². The van der Waals surface area contributed by atoms with Crippen molar-refractivity contribution in [3.05, 3.63) is 0 Å². The zero-order valence-corrected chi connectivity index (χ0v) is 11.1. The van der Waals surface area contributed by atoms with E-state index in [0.717, 1.165) is 12.8 Å².